The SMILES string of the molecule is O=C(CC[C@H]1CCCN(C(=O)c2ccccn2)C1)NCc1ccccc1Cl. The number of nitrogens with zero attached hydrogens (tertiary/aromatic N) is 2. The van der Waals surface area contributed by atoms with Crippen LogP contribution in [0, 0.1) is 5.92 Å². The summed E-state index contributed by atoms with van der Waals surface area (Å²) in [5.41, 5.74) is 1.40. The monoisotopic (exact) mass is 385 g/mol. The van der Waals surface area contributed by atoms with Crippen LogP contribution >= 0.6 is 11.6 Å². The zero-order chi connectivity index (χ0) is 19.1. The molecule has 27 heavy (non-hydrogen) atoms. The Morgan fingerprint density at radius 2 is 2.00 bits per heavy atom. The Hall–Kier alpha value is -2.40. The molecule has 1 atom stereocenters. The minimum atomic E-state index is -0.0246. The molecule has 1 aliphatic rings. The zero-order valence-corrected chi connectivity index (χ0v) is 16.0. The fraction of sp³-hybridized carbons (Fsp3) is 0.381. The third-order valence-electron chi connectivity index (χ3n) is 4.90. The van der Waals surface area contributed by atoms with Crippen LogP contribution in [0.5, 0.6) is 0 Å². The van der Waals surface area contributed by atoms with Gasteiger partial charge in [-0.2, -0.15) is 0 Å². The maximum atomic E-state index is 12.5. The molecule has 0 saturated carbocycles. The van der Waals surface area contributed by atoms with Crippen LogP contribution in [0.4, 0.5) is 0 Å². The molecule has 1 fully saturated rings. The molecule has 3 rings (SSSR count). The van der Waals surface area contributed by atoms with E-state index in [1.165, 1.54) is 0 Å². The summed E-state index contributed by atoms with van der Waals surface area (Å²) in [6, 6.07) is 12.9. The van der Waals surface area contributed by atoms with E-state index >= 15 is 0 Å². The molecule has 0 unspecified atom stereocenters. The molecule has 0 radical (unpaired) electrons. The van der Waals surface area contributed by atoms with Gasteiger partial charge in [-0.1, -0.05) is 35.9 Å². The van der Waals surface area contributed by atoms with Gasteiger partial charge in [0.15, 0.2) is 0 Å². The van der Waals surface area contributed by atoms with Crippen LogP contribution in [0.3, 0.4) is 0 Å². The molecule has 0 spiro atoms. The third kappa shape index (κ3) is 5.54. The number of rotatable bonds is 6. The normalized spacial score (nSPS) is 16.8. The summed E-state index contributed by atoms with van der Waals surface area (Å²) in [5, 5.41) is 3.59. The number of nitrogens with one attached hydrogen (secondary N) is 1. The second kappa shape index (κ2) is 9.51. The van der Waals surface area contributed by atoms with E-state index in [1.54, 1.807) is 18.3 Å². The molecule has 1 aromatic heterocycles. The number of hydrogen-bond donors (Lipinski definition) is 1. The van der Waals surface area contributed by atoms with Crippen molar-refractivity contribution in [2.75, 3.05) is 13.1 Å². The number of benzene rings is 1. The maximum Gasteiger partial charge on any atom is 0.272 e. The van der Waals surface area contributed by atoms with Gasteiger partial charge in [0, 0.05) is 37.3 Å². The first-order valence-corrected chi connectivity index (χ1v) is 9.71. The lowest BCUT2D eigenvalue weighted by Gasteiger charge is -2.32. The predicted octanol–water partition coefficient (Wildman–Crippen LogP) is 3.68. The van der Waals surface area contributed by atoms with E-state index < -0.39 is 0 Å². The first kappa shape index (κ1) is 19.4. The highest BCUT2D eigenvalue weighted by Crippen LogP contribution is 2.22. The number of piperidine rings is 1. The molecule has 2 aromatic rings. The average molecular weight is 386 g/mol. The van der Waals surface area contributed by atoms with Crippen LogP contribution in [0.2, 0.25) is 5.02 Å². The first-order valence-electron chi connectivity index (χ1n) is 9.34. The second-order valence-electron chi connectivity index (χ2n) is 6.88. The molecule has 1 aromatic carbocycles. The Morgan fingerprint density at radius 3 is 2.78 bits per heavy atom. The standard InChI is InChI=1S/C21H24ClN3O2/c22-18-8-2-1-7-17(18)14-24-20(26)11-10-16-6-5-13-25(15-16)21(27)19-9-3-4-12-23-19/h1-4,7-9,12,16H,5-6,10-11,13-15H2,(H,24,26)/t16-/m1/s1. The molecular formula is C21H24ClN3O2. The molecule has 2 heterocycles. The Bertz CT molecular complexity index is 782. The van der Waals surface area contributed by atoms with Crippen LogP contribution in [0.25, 0.3) is 0 Å². The second-order valence-corrected chi connectivity index (χ2v) is 7.29. The predicted molar refractivity (Wildman–Crippen MR) is 105 cm³/mol. The van der Waals surface area contributed by atoms with Gasteiger partial charge >= 0.3 is 0 Å². The van der Waals surface area contributed by atoms with Gasteiger partial charge in [-0.05, 0) is 48.9 Å². The largest absolute Gasteiger partial charge is 0.352 e. The number of carbonyl (C=O) groups excluding carboxylic acids is 2. The number of halogens is 1. The summed E-state index contributed by atoms with van der Waals surface area (Å²) < 4.78 is 0. The van der Waals surface area contributed by atoms with Crippen molar-refractivity contribution in [3.8, 4) is 0 Å². The van der Waals surface area contributed by atoms with E-state index in [2.05, 4.69) is 10.3 Å². The average Bonchev–Trinajstić information content (AvgIpc) is 2.72. The van der Waals surface area contributed by atoms with E-state index in [-0.39, 0.29) is 11.8 Å². The lowest BCUT2D eigenvalue weighted by Crippen LogP contribution is -2.40. The molecule has 142 valence electrons. The van der Waals surface area contributed by atoms with Gasteiger partial charge < -0.3 is 10.2 Å². The minimum Gasteiger partial charge on any atom is -0.352 e. The Balaban J connectivity index is 1.44. The van der Waals surface area contributed by atoms with Gasteiger partial charge in [0.25, 0.3) is 5.91 Å². The van der Waals surface area contributed by atoms with Gasteiger partial charge in [-0.3, -0.25) is 14.6 Å². The third-order valence-corrected chi connectivity index (χ3v) is 5.27. The van der Waals surface area contributed by atoms with E-state index in [1.807, 2.05) is 35.2 Å². The van der Waals surface area contributed by atoms with Gasteiger partial charge in [0.2, 0.25) is 5.91 Å². The van der Waals surface area contributed by atoms with Crippen molar-refractivity contribution in [1.82, 2.24) is 15.2 Å². The molecule has 1 saturated heterocycles. The highest BCUT2D eigenvalue weighted by atomic mass is 35.5. The van der Waals surface area contributed by atoms with Crippen molar-refractivity contribution >= 4 is 23.4 Å². The molecular weight excluding hydrogens is 362 g/mol. The quantitative estimate of drug-likeness (QED) is 0.824. The topological polar surface area (TPSA) is 62.3 Å². The van der Waals surface area contributed by atoms with Crippen molar-refractivity contribution in [3.63, 3.8) is 0 Å². The summed E-state index contributed by atoms with van der Waals surface area (Å²) in [5.74, 6) is 0.337. The van der Waals surface area contributed by atoms with Gasteiger partial charge in [-0.15, -0.1) is 0 Å². The van der Waals surface area contributed by atoms with Crippen molar-refractivity contribution in [3.05, 3.63) is 64.9 Å². The van der Waals surface area contributed by atoms with E-state index in [4.69, 9.17) is 11.6 Å². The molecule has 1 N–H and O–H groups in total. The number of aromatic nitrogens is 1. The fourth-order valence-corrected chi connectivity index (χ4v) is 3.60. The Kier molecular flexibility index (Phi) is 6.82. The van der Waals surface area contributed by atoms with Crippen molar-refractivity contribution < 1.29 is 9.59 Å². The number of pyridine rings is 1. The highest BCUT2D eigenvalue weighted by molar-refractivity contribution is 6.31. The van der Waals surface area contributed by atoms with Crippen LogP contribution in [0.1, 0.15) is 41.7 Å². The molecule has 1 aliphatic heterocycles. The Morgan fingerprint density at radius 1 is 1.19 bits per heavy atom. The van der Waals surface area contributed by atoms with Crippen molar-refractivity contribution in [2.45, 2.75) is 32.2 Å². The number of carbonyl (C=O) groups is 2. The smallest absolute Gasteiger partial charge is 0.272 e. The van der Waals surface area contributed by atoms with Crippen LogP contribution in [-0.2, 0) is 11.3 Å². The molecule has 0 bridgehead atoms. The zero-order valence-electron chi connectivity index (χ0n) is 15.2. The molecule has 0 aliphatic carbocycles. The van der Waals surface area contributed by atoms with Crippen LogP contribution in [0.15, 0.2) is 48.7 Å². The lowest BCUT2D eigenvalue weighted by molar-refractivity contribution is -0.121. The van der Waals surface area contributed by atoms with Crippen molar-refractivity contribution in [2.24, 2.45) is 5.92 Å². The van der Waals surface area contributed by atoms with E-state index in [9.17, 15) is 9.59 Å². The fourth-order valence-electron chi connectivity index (χ4n) is 3.40. The molecule has 2 amide bonds. The minimum absolute atomic E-state index is 0.0168. The summed E-state index contributed by atoms with van der Waals surface area (Å²) in [6.07, 6.45) is 4.88. The van der Waals surface area contributed by atoms with Crippen LogP contribution < -0.4 is 5.32 Å². The van der Waals surface area contributed by atoms with Crippen LogP contribution in [-0.4, -0.2) is 34.8 Å². The Labute approximate surface area is 164 Å². The lowest BCUT2D eigenvalue weighted by atomic mass is 9.93. The highest BCUT2D eigenvalue weighted by Gasteiger charge is 2.25. The van der Waals surface area contributed by atoms with Crippen molar-refractivity contribution in [1.29, 1.82) is 0 Å². The van der Waals surface area contributed by atoms with Gasteiger partial charge in [-0.25, -0.2) is 0 Å². The number of hydrogen-bond acceptors (Lipinski definition) is 3. The van der Waals surface area contributed by atoms with Gasteiger partial charge in [0.1, 0.15) is 5.69 Å². The van der Waals surface area contributed by atoms with E-state index in [0.29, 0.717) is 36.1 Å². The number of likely N-dealkylation sites (tertiary alicyclic amines) is 1. The number of amides is 2. The van der Waals surface area contributed by atoms with E-state index in [0.717, 1.165) is 31.4 Å². The molecule has 6 heteroatoms. The first-order chi connectivity index (χ1) is 13.1. The summed E-state index contributed by atoms with van der Waals surface area (Å²) in [4.78, 5) is 30.7. The molecule has 5 nitrogen and oxygen atoms in total. The summed E-state index contributed by atoms with van der Waals surface area (Å²) >= 11 is 6.11. The maximum absolute atomic E-state index is 12.5. The summed E-state index contributed by atoms with van der Waals surface area (Å²) in [6.45, 7) is 1.88. The summed E-state index contributed by atoms with van der Waals surface area (Å²) in [7, 11) is 0. The van der Waals surface area contributed by atoms with Gasteiger partial charge in [0.05, 0.1) is 0 Å².